The van der Waals surface area contributed by atoms with Gasteiger partial charge in [0.2, 0.25) is 0 Å². The Balaban J connectivity index is 3.71. The van der Waals surface area contributed by atoms with Crippen LogP contribution in [-0.2, 0) is 14.6 Å². The zero-order valence-corrected chi connectivity index (χ0v) is 25.3. The highest BCUT2D eigenvalue weighted by Crippen LogP contribution is 2.21. The molecule has 1 unspecified atom stereocenters. The Bertz CT molecular complexity index is 521. The molecule has 0 spiro atoms. The molecule has 0 heterocycles. The van der Waals surface area contributed by atoms with Crippen LogP contribution in [0.1, 0.15) is 187 Å². The minimum atomic E-state index is -4.33. The predicted molar refractivity (Wildman–Crippen MR) is 157 cm³/mol. The van der Waals surface area contributed by atoms with Gasteiger partial charge in [0.25, 0.3) is 0 Å². The number of hydrogen-bond donors (Lipinski definition) is 1. The summed E-state index contributed by atoms with van der Waals surface area (Å²) in [5.74, 6) is 0.239. The topological polar surface area (TPSA) is 63.6 Å². The molecular weight excluding hydrogens is 468 g/mol. The third-order valence-corrected chi connectivity index (χ3v) is 8.07. The van der Waals surface area contributed by atoms with Gasteiger partial charge in [-0.05, 0) is 18.8 Å². The summed E-state index contributed by atoms with van der Waals surface area (Å²) in [7, 11) is -4.33. The fourth-order valence-electron chi connectivity index (χ4n) is 5.22. The van der Waals surface area contributed by atoms with E-state index in [-0.39, 0.29) is 12.5 Å². The second-order valence-electron chi connectivity index (χ2n) is 11.3. The van der Waals surface area contributed by atoms with Gasteiger partial charge in [-0.2, -0.15) is 8.42 Å². The highest BCUT2D eigenvalue weighted by Gasteiger charge is 2.13. The van der Waals surface area contributed by atoms with Crippen LogP contribution in [0, 0.1) is 5.92 Å². The summed E-state index contributed by atoms with van der Waals surface area (Å²) < 4.78 is 35.8. The Labute approximate surface area is 227 Å². The van der Waals surface area contributed by atoms with E-state index in [0.29, 0.717) is 0 Å². The van der Waals surface area contributed by atoms with Crippen LogP contribution in [-0.4, -0.2) is 19.6 Å². The molecule has 0 amide bonds. The van der Waals surface area contributed by atoms with Gasteiger partial charge in [-0.1, -0.05) is 174 Å². The van der Waals surface area contributed by atoms with E-state index in [0.717, 1.165) is 25.7 Å². The summed E-state index contributed by atoms with van der Waals surface area (Å²) in [6.45, 7) is 4.67. The molecule has 0 saturated heterocycles. The summed E-state index contributed by atoms with van der Waals surface area (Å²) in [6, 6.07) is 0. The molecule has 0 aliphatic rings. The van der Waals surface area contributed by atoms with Crippen LogP contribution >= 0.6 is 0 Å². The summed E-state index contributed by atoms with van der Waals surface area (Å²) in [4.78, 5) is 0. The van der Waals surface area contributed by atoms with Gasteiger partial charge in [-0.3, -0.25) is 4.55 Å². The smallest absolute Gasteiger partial charge is 0.264 e. The molecule has 4 nitrogen and oxygen atoms in total. The molecule has 0 aromatic heterocycles. The highest BCUT2D eigenvalue weighted by atomic mass is 32.3. The molecule has 218 valence electrons. The van der Waals surface area contributed by atoms with Crippen LogP contribution < -0.4 is 0 Å². The van der Waals surface area contributed by atoms with Crippen LogP contribution in [0.4, 0.5) is 0 Å². The lowest BCUT2D eigenvalue weighted by Crippen LogP contribution is -2.14. The molecule has 0 fully saturated rings. The lowest BCUT2D eigenvalue weighted by atomic mass is 9.94. The van der Waals surface area contributed by atoms with Gasteiger partial charge in [0.05, 0.1) is 6.61 Å². The zero-order valence-electron chi connectivity index (χ0n) is 24.5. The van der Waals surface area contributed by atoms with E-state index in [2.05, 4.69) is 13.8 Å². The van der Waals surface area contributed by atoms with Crippen LogP contribution in [0.3, 0.4) is 0 Å². The Kier molecular flexibility index (Phi) is 27.8. The summed E-state index contributed by atoms with van der Waals surface area (Å²) in [5, 5.41) is 0. The van der Waals surface area contributed by atoms with Crippen LogP contribution in [0.2, 0.25) is 0 Å². The molecule has 0 radical (unpaired) electrons. The molecule has 0 bridgehead atoms. The molecule has 0 aromatic carbocycles. The van der Waals surface area contributed by atoms with Crippen molar-refractivity contribution in [2.75, 3.05) is 6.61 Å². The molecule has 0 aromatic rings. The third-order valence-electron chi connectivity index (χ3n) is 7.63. The van der Waals surface area contributed by atoms with Gasteiger partial charge >= 0.3 is 10.4 Å². The quantitative estimate of drug-likeness (QED) is 0.0738. The fourth-order valence-corrected chi connectivity index (χ4v) is 5.58. The van der Waals surface area contributed by atoms with Crippen LogP contribution in [0.25, 0.3) is 0 Å². The lowest BCUT2D eigenvalue weighted by Gasteiger charge is -2.16. The van der Waals surface area contributed by atoms with Crippen molar-refractivity contribution in [1.82, 2.24) is 0 Å². The van der Waals surface area contributed by atoms with Gasteiger partial charge < -0.3 is 0 Å². The first-order valence-electron chi connectivity index (χ1n) is 16.1. The van der Waals surface area contributed by atoms with Crippen molar-refractivity contribution >= 4 is 10.4 Å². The average Bonchev–Trinajstić information content (AvgIpc) is 2.84. The van der Waals surface area contributed by atoms with Gasteiger partial charge in [0, 0.05) is 0 Å². The van der Waals surface area contributed by atoms with Gasteiger partial charge in [-0.25, -0.2) is 4.18 Å². The van der Waals surface area contributed by atoms with Gasteiger partial charge in [0.1, 0.15) is 0 Å². The van der Waals surface area contributed by atoms with Crippen molar-refractivity contribution in [2.45, 2.75) is 187 Å². The monoisotopic (exact) mass is 532 g/mol. The second-order valence-corrected chi connectivity index (χ2v) is 12.4. The van der Waals surface area contributed by atoms with E-state index in [1.807, 2.05) is 0 Å². The molecule has 1 N–H and O–H groups in total. The number of hydrogen-bond acceptors (Lipinski definition) is 3. The Morgan fingerprint density at radius 2 is 0.722 bits per heavy atom. The van der Waals surface area contributed by atoms with E-state index >= 15 is 0 Å². The molecule has 1 atom stereocenters. The normalized spacial score (nSPS) is 12.9. The average molecular weight is 533 g/mol. The molecule has 0 aliphatic heterocycles. The molecule has 0 aliphatic carbocycles. The van der Waals surface area contributed by atoms with Crippen molar-refractivity contribution in [1.29, 1.82) is 0 Å². The van der Waals surface area contributed by atoms with Crippen LogP contribution in [0.5, 0.6) is 0 Å². The summed E-state index contributed by atoms with van der Waals surface area (Å²) in [6.07, 6.45) is 35.4. The van der Waals surface area contributed by atoms with E-state index in [9.17, 15) is 8.42 Å². The van der Waals surface area contributed by atoms with Crippen molar-refractivity contribution < 1.29 is 17.2 Å². The highest BCUT2D eigenvalue weighted by molar-refractivity contribution is 7.80. The third kappa shape index (κ3) is 30.1. The molecule has 5 heteroatoms. The first-order chi connectivity index (χ1) is 17.5. The van der Waals surface area contributed by atoms with Crippen molar-refractivity contribution in [2.24, 2.45) is 5.92 Å². The van der Waals surface area contributed by atoms with Crippen molar-refractivity contribution in [3.8, 4) is 0 Å². The number of rotatable bonds is 30. The van der Waals surface area contributed by atoms with Gasteiger partial charge in [-0.15, -0.1) is 0 Å². The van der Waals surface area contributed by atoms with Gasteiger partial charge in [0.15, 0.2) is 0 Å². The van der Waals surface area contributed by atoms with E-state index in [1.165, 1.54) is 148 Å². The fraction of sp³-hybridized carbons (Fsp3) is 1.00. The molecule has 36 heavy (non-hydrogen) atoms. The molecule has 0 rings (SSSR count). The second kappa shape index (κ2) is 27.9. The predicted octanol–water partition coefficient (Wildman–Crippen LogP) is 11.0. The first-order valence-corrected chi connectivity index (χ1v) is 17.5. The largest absolute Gasteiger partial charge is 0.397 e. The van der Waals surface area contributed by atoms with Crippen LogP contribution in [0.15, 0.2) is 0 Å². The maximum atomic E-state index is 11.0. The Morgan fingerprint density at radius 1 is 0.472 bits per heavy atom. The zero-order chi connectivity index (χ0) is 26.6. The van der Waals surface area contributed by atoms with E-state index in [1.54, 1.807) is 0 Å². The summed E-state index contributed by atoms with van der Waals surface area (Å²) >= 11 is 0. The molecular formula is C31H64O4S. The first kappa shape index (κ1) is 35.9. The maximum Gasteiger partial charge on any atom is 0.397 e. The standard InChI is InChI=1S/C31H64O4S/c1-3-5-7-9-11-13-15-16-17-19-21-23-25-27-29-31(30-35-36(32,33)34)28-26-24-22-20-18-14-12-10-8-6-4-2/h31H,3-30H2,1-2H3,(H,32,33,34). The maximum absolute atomic E-state index is 11.0. The minimum absolute atomic E-state index is 0.134. The van der Waals surface area contributed by atoms with Crippen molar-refractivity contribution in [3.63, 3.8) is 0 Å². The van der Waals surface area contributed by atoms with E-state index in [4.69, 9.17) is 8.74 Å². The Morgan fingerprint density at radius 3 is 0.972 bits per heavy atom. The Hall–Kier alpha value is -0.130. The summed E-state index contributed by atoms with van der Waals surface area (Å²) in [5.41, 5.74) is 0. The molecule has 0 saturated carbocycles. The lowest BCUT2D eigenvalue weighted by molar-refractivity contribution is 0.204. The number of unbranched alkanes of at least 4 members (excludes halogenated alkanes) is 23. The van der Waals surface area contributed by atoms with E-state index < -0.39 is 10.4 Å². The minimum Gasteiger partial charge on any atom is -0.264 e. The SMILES string of the molecule is CCCCCCCCCCCCCCCCC(CCCCCCCCCCCCC)COS(=O)(=O)O. The van der Waals surface area contributed by atoms with Crippen molar-refractivity contribution in [3.05, 3.63) is 0 Å².